The number of halogens is 1. The van der Waals surface area contributed by atoms with Crippen LogP contribution in [0, 0.1) is 0 Å². The van der Waals surface area contributed by atoms with Crippen LogP contribution in [0.1, 0.15) is 12.0 Å². The predicted octanol–water partition coefficient (Wildman–Crippen LogP) is 2.45. The summed E-state index contributed by atoms with van der Waals surface area (Å²) in [7, 11) is 2.18. The fraction of sp³-hybridized carbons (Fsp3) is 0.571. The Bertz CT molecular complexity index is 439. The lowest BCUT2D eigenvalue weighted by Crippen LogP contribution is -2.44. The molecule has 0 aliphatic carbocycles. The van der Waals surface area contributed by atoms with Crippen LogP contribution in [0.15, 0.2) is 12.1 Å². The van der Waals surface area contributed by atoms with Crippen LogP contribution in [0.2, 0.25) is 5.02 Å². The number of fused-ring (bicyclic) bond motifs is 1. The van der Waals surface area contributed by atoms with E-state index in [-0.39, 0.29) is 0 Å². The van der Waals surface area contributed by atoms with Crippen LogP contribution in [0.5, 0.6) is 0 Å². The molecule has 1 N–H and O–H groups in total. The van der Waals surface area contributed by atoms with Gasteiger partial charge in [0.1, 0.15) is 0 Å². The zero-order valence-electron chi connectivity index (χ0n) is 10.9. The zero-order valence-corrected chi connectivity index (χ0v) is 11.6. The maximum absolute atomic E-state index is 6.42. The summed E-state index contributed by atoms with van der Waals surface area (Å²) >= 11 is 6.42. The second-order valence-corrected chi connectivity index (χ2v) is 5.68. The summed E-state index contributed by atoms with van der Waals surface area (Å²) < 4.78 is 0. The summed E-state index contributed by atoms with van der Waals surface area (Å²) in [6.45, 7) is 5.50. The van der Waals surface area contributed by atoms with Gasteiger partial charge in [-0.05, 0) is 37.6 Å². The Morgan fingerprint density at radius 2 is 1.94 bits per heavy atom. The number of rotatable bonds is 1. The minimum atomic E-state index is 0.925. The number of nitrogens with zero attached hydrogens (tertiary/aromatic N) is 2. The molecule has 0 atom stereocenters. The summed E-state index contributed by atoms with van der Waals surface area (Å²) in [5.41, 5.74) is 3.80. The van der Waals surface area contributed by atoms with Gasteiger partial charge in [0.15, 0.2) is 0 Å². The maximum atomic E-state index is 6.42. The van der Waals surface area contributed by atoms with E-state index in [9.17, 15) is 0 Å². The van der Waals surface area contributed by atoms with Gasteiger partial charge in [0.2, 0.25) is 0 Å². The molecule has 2 aliphatic rings. The second-order valence-electron chi connectivity index (χ2n) is 5.27. The second kappa shape index (κ2) is 4.98. The van der Waals surface area contributed by atoms with E-state index in [0.717, 1.165) is 44.2 Å². The molecular weight excluding hydrogens is 246 g/mol. The van der Waals surface area contributed by atoms with Gasteiger partial charge >= 0.3 is 0 Å². The van der Waals surface area contributed by atoms with E-state index in [1.54, 1.807) is 0 Å². The van der Waals surface area contributed by atoms with Gasteiger partial charge < -0.3 is 15.1 Å². The third-order valence-corrected chi connectivity index (χ3v) is 4.30. The molecule has 1 saturated heterocycles. The van der Waals surface area contributed by atoms with Crippen molar-refractivity contribution in [1.82, 2.24) is 4.90 Å². The third kappa shape index (κ3) is 2.29. The first-order valence-electron chi connectivity index (χ1n) is 6.74. The lowest BCUT2D eigenvalue weighted by molar-refractivity contribution is 0.313. The lowest BCUT2D eigenvalue weighted by Gasteiger charge is -2.35. The highest BCUT2D eigenvalue weighted by atomic mass is 35.5. The molecule has 4 heteroatoms. The van der Waals surface area contributed by atoms with Gasteiger partial charge in [0, 0.05) is 49.1 Å². The summed E-state index contributed by atoms with van der Waals surface area (Å²) in [4.78, 5) is 4.80. The van der Waals surface area contributed by atoms with Crippen molar-refractivity contribution in [2.45, 2.75) is 12.8 Å². The molecule has 3 nitrogen and oxygen atoms in total. The minimum absolute atomic E-state index is 0.925. The molecule has 0 unspecified atom stereocenters. The number of likely N-dealkylation sites (N-methyl/N-ethyl adjacent to an activating group) is 1. The van der Waals surface area contributed by atoms with Crippen molar-refractivity contribution in [1.29, 1.82) is 0 Å². The lowest BCUT2D eigenvalue weighted by atomic mass is 10.0. The smallest absolute Gasteiger partial charge is 0.0479 e. The summed E-state index contributed by atoms with van der Waals surface area (Å²) in [6, 6.07) is 4.41. The molecule has 98 valence electrons. The van der Waals surface area contributed by atoms with Crippen molar-refractivity contribution in [3.05, 3.63) is 22.7 Å². The first kappa shape index (κ1) is 12.1. The van der Waals surface area contributed by atoms with Crippen molar-refractivity contribution in [3.8, 4) is 0 Å². The van der Waals surface area contributed by atoms with Crippen LogP contribution in [0.25, 0.3) is 0 Å². The van der Waals surface area contributed by atoms with Gasteiger partial charge in [-0.2, -0.15) is 0 Å². The average Bonchev–Trinajstić information content (AvgIpc) is 2.39. The van der Waals surface area contributed by atoms with E-state index >= 15 is 0 Å². The van der Waals surface area contributed by atoms with E-state index in [1.165, 1.54) is 23.4 Å². The van der Waals surface area contributed by atoms with Gasteiger partial charge in [-0.25, -0.2) is 0 Å². The van der Waals surface area contributed by atoms with E-state index in [4.69, 9.17) is 11.6 Å². The Kier molecular flexibility index (Phi) is 3.35. The Morgan fingerprint density at radius 3 is 2.72 bits per heavy atom. The summed E-state index contributed by atoms with van der Waals surface area (Å²) in [5.74, 6) is 0. The third-order valence-electron chi connectivity index (χ3n) is 3.97. The van der Waals surface area contributed by atoms with Crippen molar-refractivity contribution < 1.29 is 0 Å². The number of hydrogen-bond donors (Lipinski definition) is 1. The van der Waals surface area contributed by atoms with Gasteiger partial charge in [0.25, 0.3) is 0 Å². The number of nitrogens with one attached hydrogen (secondary N) is 1. The Morgan fingerprint density at radius 1 is 1.17 bits per heavy atom. The zero-order chi connectivity index (χ0) is 12.5. The quantitative estimate of drug-likeness (QED) is 0.842. The van der Waals surface area contributed by atoms with Gasteiger partial charge in [0.05, 0.1) is 0 Å². The molecule has 0 bridgehead atoms. The molecule has 18 heavy (non-hydrogen) atoms. The van der Waals surface area contributed by atoms with Crippen LogP contribution < -0.4 is 10.2 Å². The average molecular weight is 266 g/mol. The Balaban J connectivity index is 1.86. The topological polar surface area (TPSA) is 18.5 Å². The van der Waals surface area contributed by atoms with E-state index in [0.29, 0.717) is 0 Å². The Hall–Kier alpha value is -0.930. The molecule has 0 spiro atoms. The molecular formula is C14H20ClN3. The molecule has 2 heterocycles. The highest BCUT2D eigenvalue weighted by Gasteiger charge is 2.18. The fourth-order valence-corrected chi connectivity index (χ4v) is 3.08. The van der Waals surface area contributed by atoms with Crippen molar-refractivity contribution in [2.75, 3.05) is 50.0 Å². The van der Waals surface area contributed by atoms with E-state index in [1.807, 2.05) is 0 Å². The summed E-state index contributed by atoms with van der Waals surface area (Å²) in [6.07, 6.45) is 2.28. The van der Waals surface area contributed by atoms with Crippen molar-refractivity contribution in [3.63, 3.8) is 0 Å². The molecule has 0 radical (unpaired) electrons. The maximum Gasteiger partial charge on any atom is 0.0479 e. The largest absolute Gasteiger partial charge is 0.385 e. The monoisotopic (exact) mass is 265 g/mol. The van der Waals surface area contributed by atoms with Crippen LogP contribution in [-0.4, -0.2) is 44.7 Å². The van der Waals surface area contributed by atoms with Crippen LogP contribution >= 0.6 is 11.6 Å². The van der Waals surface area contributed by atoms with Crippen LogP contribution in [-0.2, 0) is 6.42 Å². The highest BCUT2D eigenvalue weighted by molar-refractivity contribution is 6.32. The number of piperazine rings is 1. The van der Waals surface area contributed by atoms with E-state index < -0.39 is 0 Å². The first-order valence-corrected chi connectivity index (χ1v) is 7.11. The molecule has 1 aromatic carbocycles. The first-order chi connectivity index (χ1) is 8.74. The van der Waals surface area contributed by atoms with Crippen molar-refractivity contribution >= 4 is 23.0 Å². The van der Waals surface area contributed by atoms with Gasteiger partial charge in [-0.3, -0.25) is 0 Å². The van der Waals surface area contributed by atoms with Gasteiger partial charge in [-0.15, -0.1) is 0 Å². The fourth-order valence-electron chi connectivity index (χ4n) is 2.77. The molecule has 0 saturated carbocycles. The number of anilines is 2. The highest BCUT2D eigenvalue weighted by Crippen LogP contribution is 2.34. The summed E-state index contributed by atoms with van der Waals surface area (Å²) in [5, 5.41) is 4.39. The van der Waals surface area contributed by atoms with E-state index in [2.05, 4.69) is 34.3 Å². The molecule has 1 aromatic rings. The van der Waals surface area contributed by atoms with Crippen LogP contribution in [0.4, 0.5) is 11.4 Å². The normalized spacial score (nSPS) is 20.4. The SMILES string of the molecule is CN1CCN(c2cc(Cl)c3c(c2)NCCC3)CC1. The van der Waals surface area contributed by atoms with Gasteiger partial charge in [-0.1, -0.05) is 11.6 Å². The number of benzene rings is 1. The Labute approximate surface area is 114 Å². The predicted molar refractivity (Wildman–Crippen MR) is 78.0 cm³/mol. The molecule has 3 rings (SSSR count). The van der Waals surface area contributed by atoms with Crippen LogP contribution in [0.3, 0.4) is 0 Å². The molecule has 2 aliphatic heterocycles. The minimum Gasteiger partial charge on any atom is -0.385 e. The molecule has 0 aromatic heterocycles. The standard InChI is InChI=1S/C14H20ClN3/c1-17-5-7-18(8-6-17)11-9-13(15)12-3-2-4-16-14(12)10-11/h9-10,16H,2-8H2,1H3. The molecule has 0 amide bonds. The molecule has 1 fully saturated rings. The number of hydrogen-bond acceptors (Lipinski definition) is 3. The van der Waals surface area contributed by atoms with Crippen molar-refractivity contribution in [2.24, 2.45) is 0 Å².